The van der Waals surface area contributed by atoms with Crippen LogP contribution in [-0.2, 0) is 0 Å². The number of aryl methyl sites for hydroxylation is 1. The fraction of sp³-hybridized carbons (Fsp3) is 0.429. The van der Waals surface area contributed by atoms with Gasteiger partial charge in [0, 0.05) is 12.1 Å². The number of hydrogen-bond donors (Lipinski definition) is 2. The minimum atomic E-state index is 0.0671. The van der Waals surface area contributed by atoms with E-state index in [-0.39, 0.29) is 6.04 Å². The van der Waals surface area contributed by atoms with Crippen molar-refractivity contribution in [3.05, 3.63) is 35.5 Å². The molecule has 0 saturated heterocycles. The van der Waals surface area contributed by atoms with Crippen LogP contribution in [0.5, 0.6) is 0 Å². The SMILES string of the molecule is CCNc1nc(C)nc(NC(C)c2ccco2)c1C. The predicted molar refractivity (Wildman–Crippen MR) is 76.4 cm³/mol. The number of nitrogens with zero attached hydrogens (tertiary/aromatic N) is 2. The van der Waals surface area contributed by atoms with Crippen LogP contribution in [0.2, 0.25) is 0 Å². The average Bonchev–Trinajstić information content (AvgIpc) is 2.89. The zero-order valence-corrected chi connectivity index (χ0v) is 11.8. The fourth-order valence-corrected chi connectivity index (χ4v) is 1.92. The number of anilines is 2. The quantitative estimate of drug-likeness (QED) is 0.863. The maximum Gasteiger partial charge on any atom is 0.135 e. The molecule has 102 valence electrons. The molecule has 1 atom stereocenters. The van der Waals surface area contributed by atoms with Crippen molar-refractivity contribution in [3.8, 4) is 0 Å². The lowest BCUT2D eigenvalue weighted by molar-refractivity contribution is 0.490. The molecule has 2 aromatic rings. The zero-order chi connectivity index (χ0) is 13.8. The molecule has 0 aliphatic carbocycles. The van der Waals surface area contributed by atoms with Crippen molar-refractivity contribution in [2.45, 2.75) is 33.7 Å². The van der Waals surface area contributed by atoms with Crippen LogP contribution in [0.4, 0.5) is 11.6 Å². The molecule has 2 heterocycles. The van der Waals surface area contributed by atoms with Gasteiger partial charge in [0.2, 0.25) is 0 Å². The molecule has 0 aliphatic heterocycles. The number of nitrogens with one attached hydrogen (secondary N) is 2. The van der Waals surface area contributed by atoms with E-state index in [0.717, 1.165) is 35.3 Å². The molecule has 2 N–H and O–H groups in total. The summed E-state index contributed by atoms with van der Waals surface area (Å²) in [7, 11) is 0. The molecule has 2 aromatic heterocycles. The maximum absolute atomic E-state index is 5.39. The standard InChI is InChI=1S/C14H20N4O/c1-5-15-13-9(2)14(18-11(4)17-13)16-10(3)12-7-6-8-19-12/h6-8,10H,5H2,1-4H3,(H2,15,16,17,18). The molecular weight excluding hydrogens is 240 g/mol. The first-order chi connectivity index (χ1) is 9.11. The Morgan fingerprint density at radius 3 is 2.63 bits per heavy atom. The van der Waals surface area contributed by atoms with Crippen molar-refractivity contribution in [2.75, 3.05) is 17.2 Å². The van der Waals surface area contributed by atoms with Gasteiger partial charge in [-0.2, -0.15) is 0 Å². The van der Waals surface area contributed by atoms with Crippen LogP contribution < -0.4 is 10.6 Å². The molecule has 0 amide bonds. The second-order valence-corrected chi connectivity index (χ2v) is 4.50. The first-order valence-corrected chi connectivity index (χ1v) is 6.50. The lowest BCUT2D eigenvalue weighted by Crippen LogP contribution is -2.12. The van der Waals surface area contributed by atoms with Gasteiger partial charge in [0.1, 0.15) is 23.2 Å². The van der Waals surface area contributed by atoms with E-state index in [1.54, 1.807) is 6.26 Å². The van der Waals surface area contributed by atoms with E-state index in [4.69, 9.17) is 4.42 Å². The number of hydrogen-bond acceptors (Lipinski definition) is 5. The van der Waals surface area contributed by atoms with Gasteiger partial charge in [0.15, 0.2) is 0 Å². The van der Waals surface area contributed by atoms with Gasteiger partial charge >= 0.3 is 0 Å². The normalized spacial score (nSPS) is 12.2. The summed E-state index contributed by atoms with van der Waals surface area (Å²) >= 11 is 0. The number of rotatable bonds is 5. The molecule has 0 aliphatic rings. The fourth-order valence-electron chi connectivity index (χ4n) is 1.92. The predicted octanol–water partition coefficient (Wildman–Crippen LogP) is 3.29. The van der Waals surface area contributed by atoms with Crippen LogP contribution in [0.1, 0.15) is 37.0 Å². The molecule has 2 rings (SSSR count). The smallest absolute Gasteiger partial charge is 0.135 e. The first kappa shape index (κ1) is 13.4. The third-order valence-electron chi connectivity index (χ3n) is 2.93. The van der Waals surface area contributed by atoms with Crippen molar-refractivity contribution in [3.63, 3.8) is 0 Å². The minimum absolute atomic E-state index is 0.0671. The molecule has 0 radical (unpaired) electrons. The number of aromatic nitrogens is 2. The highest BCUT2D eigenvalue weighted by molar-refractivity contribution is 5.57. The molecule has 5 nitrogen and oxygen atoms in total. The van der Waals surface area contributed by atoms with Crippen LogP contribution in [0.25, 0.3) is 0 Å². The summed E-state index contributed by atoms with van der Waals surface area (Å²) in [5, 5.41) is 6.62. The van der Waals surface area contributed by atoms with Crippen LogP contribution in [0.3, 0.4) is 0 Å². The van der Waals surface area contributed by atoms with Gasteiger partial charge in [0.25, 0.3) is 0 Å². The Hall–Kier alpha value is -2.04. The van der Waals surface area contributed by atoms with Gasteiger partial charge in [-0.25, -0.2) is 9.97 Å². The summed E-state index contributed by atoms with van der Waals surface area (Å²) in [4.78, 5) is 8.87. The second-order valence-electron chi connectivity index (χ2n) is 4.50. The average molecular weight is 260 g/mol. The van der Waals surface area contributed by atoms with Crippen LogP contribution in [-0.4, -0.2) is 16.5 Å². The molecule has 0 spiro atoms. The second kappa shape index (κ2) is 5.73. The van der Waals surface area contributed by atoms with E-state index in [1.165, 1.54) is 0 Å². The summed E-state index contributed by atoms with van der Waals surface area (Å²) in [6.45, 7) is 8.83. The summed E-state index contributed by atoms with van der Waals surface area (Å²) in [5.41, 5.74) is 1.02. The third kappa shape index (κ3) is 3.05. The van der Waals surface area contributed by atoms with E-state index < -0.39 is 0 Å². The molecule has 0 bridgehead atoms. The summed E-state index contributed by atoms with van der Waals surface area (Å²) in [6, 6.07) is 3.90. The first-order valence-electron chi connectivity index (χ1n) is 6.50. The van der Waals surface area contributed by atoms with Crippen LogP contribution in [0, 0.1) is 13.8 Å². The van der Waals surface area contributed by atoms with Gasteiger partial charge in [-0.1, -0.05) is 0 Å². The maximum atomic E-state index is 5.39. The molecule has 0 aromatic carbocycles. The topological polar surface area (TPSA) is 63.0 Å². The van der Waals surface area contributed by atoms with Crippen LogP contribution >= 0.6 is 0 Å². The van der Waals surface area contributed by atoms with Crippen molar-refractivity contribution in [2.24, 2.45) is 0 Å². The monoisotopic (exact) mass is 260 g/mol. The minimum Gasteiger partial charge on any atom is -0.467 e. The summed E-state index contributed by atoms with van der Waals surface area (Å²) in [5.74, 6) is 3.35. The molecule has 0 saturated carbocycles. The van der Waals surface area contributed by atoms with Gasteiger partial charge in [-0.05, 0) is 39.8 Å². The summed E-state index contributed by atoms with van der Waals surface area (Å²) < 4.78 is 5.39. The number of furan rings is 1. The van der Waals surface area contributed by atoms with E-state index in [9.17, 15) is 0 Å². The highest BCUT2D eigenvalue weighted by Crippen LogP contribution is 2.24. The lowest BCUT2D eigenvalue weighted by Gasteiger charge is -2.16. The van der Waals surface area contributed by atoms with Gasteiger partial charge in [-0.15, -0.1) is 0 Å². The molecule has 0 fully saturated rings. The Kier molecular flexibility index (Phi) is 4.04. The van der Waals surface area contributed by atoms with Gasteiger partial charge in [0.05, 0.1) is 12.3 Å². The molecule has 1 unspecified atom stereocenters. The van der Waals surface area contributed by atoms with Crippen molar-refractivity contribution < 1.29 is 4.42 Å². The van der Waals surface area contributed by atoms with Crippen molar-refractivity contribution >= 4 is 11.6 Å². The van der Waals surface area contributed by atoms with Gasteiger partial charge < -0.3 is 15.1 Å². The third-order valence-corrected chi connectivity index (χ3v) is 2.93. The van der Waals surface area contributed by atoms with Crippen molar-refractivity contribution in [1.82, 2.24) is 9.97 Å². The van der Waals surface area contributed by atoms with E-state index in [0.29, 0.717) is 0 Å². The Balaban J connectivity index is 2.24. The zero-order valence-electron chi connectivity index (χ0n) is 11.8. The Morgan fingerprint density at radius 1 is 1.26 bits per heavy atom. The van der Waals surface area contributed by atoms with Crippen molar-refractivity contribution in [1.29, 1.82) is 0 Å². The van der Waals surface area contributed by atoms with Crippen LogP contribution in [0.15, 0.2) is 22.8 Å². The van der Waals surface area contributed by atoms with E-state index >= 15 is 0 Å². The Morgan fingerprint density at radius 2 is 2.00 bits per heavy atom. The Labute approximate surface area is 113 Å². The van der Waals surface area contributed by atoms with E-state index in [1.807, 2.05) is 32.9 Å². The highest BCUT2D eigenvalue weighted by Gasteiger charge is 2.13. The highest BCUT2D eigenvalue weighted by atomic mass is 16.3. The molecular formula is C14H20N4O. The van der Waals surface area contributed by atoms with Gasteiger partial charge in [-0.3, -0.25) is 0 Å². The molecule has 5 heteroatoms. The summed E-state index contributed by atoms with van der Waals surface area (Å²) in [6.07, 6.45) is 1.68. The Bertz CT molecular complexity index is 537. The largest absolute Gasteiger partial charge is 0.467 e. The van der Waals surface area contributed by atoms with E-state index in [2.05, 4.69) is 27.5 Å². The lowest BCUT2D eigenvalue weighted by atomic mass is 10.2. The molecule has 19 heavy (non-hydrogen) atoms.